The van der Waals surface area contributed by atoms with Gasteiger partial charge in [0.1, 0.15) is 0 Å². The van der Waals surface area contributed by atoms with Gasteiger partial charge in [-0.15, -0.1) is 0 Å². The van der Waals surface area contributed by atoms with Crippen molar-refractivity contribution >= 4 is 24.9 Å². The Bertz CT molecular complexity index is 567. The first-order chi connectivity index (χ1) is 7.86. The molecule has 0 radical (unpaired) electrons. The predicted octanol–water partition coefficient (Wildman–Crippen LogP) is 3.58. The van der Waals surface area contributed by atoms with E-state index in [1.54, 1.807) is 0 Å². The summed E-state index contributed by atoms with van der Waals surface area (Å²) >= 11 is 0. The quantitative estimate of drug-likeness (QED) is 0.636. The van der Waals surface area contributed by atoms with Crippen molar-refractivity contribution in [2.24, 2.45) is 0 Å². The van der Waals surface area contributed by atoms with Gasteiger partial charge in [-0.25, -0.2) is 0 Å². The number of fused-ring (bicyclic) bond motifs is 1. The molecule has 2 aromatic carbocycles. The van der Waals surface area contributed by atoms with E-state index < -0.39 is 0 Å². The van der Waals surface area contributed by atoms with Gasteiger partial charge in [-0.05, 0) is 41.2 Å². The van der Waals surface area contributed by atoms with Crippen molar-refractivity contribution in [3.05, 3.63) is 65.2 Å². The number of aryl methyl sites for hydroxylation is 1. The van der Waals surface area contributed by atoms with E-state index in [1.165, 1.54) is 27.8 Å². The van der Waals surface area contributed by atoms with E-state index in [4.69, 9.17) is 0 Å². The van der Waals surface area contributed by atoms with E-state index >= 15 is 0 Å². The second-order valence-electron chi connectivity index (χ2n) is 4.30. The van der Waals surface area contributed by atoms with Gasteiger partial charge in [-0.2, -0.15) is 0 Å². The van der Waals surface area contributed by atoms with E-state index in [0.29, 0.717) is 0 Å². The van der Waals surface area contributed by atoms with Crippen molar-refractivity contribution in [1.82, 2.24) is 0 Å². The molecule has 17 heavy (non-hydrogen) atoms. The van der Waals surface area contributed by atoms with Crippen LogP contribution in [-0.2, 0) is 6.42 Å². The number of hydrogen-bond acceptors (Lipinski definition) is 0. The molecule has 0 N–H and O–H groups in total. The molecule has 80 valence electrons. The van der Waals surface area contributed by atoms with Crippen LogP contribution in [0.3, 0.4) is 0 Å². The van der Waals surface area contributed by atoms with Crippen molar-refractivity contribution in [1.29, 1.82) is 0 Å². The van der Waals surface area contributed by atoms with Crippen LogP contribution >= 0.6 is 0 Å². The molecular formula is C16H15Li. The van der Waals surface area contributed by atoms with Crippen molar-refractivity contribution in [2.75, 3.05) is 0 Å². The van der Waals surface area contributed by atoms with Crippen LogP contribution in [0.1, 0.15) is 16.7 Å². The van der Waals surface area contributed by atoms with E-state index in [2.05, 4.69) is 61.5 Å². The topological polar surface area (TPSA) is 0 Å². The molecule has 0 saturated heterocycles. The van der Waals surface area contributed by atoms with Crippen molar-refractivity contribution in [3.8, 4) is 11.1 Å². The second-order valence-corrected chi connectivity index (χ2v) is 4.30. The van der Waals surface area contributed by atoms with Crippen LogP contribution in [0.15, 0.2) is 48.5 Å². The van der Waals surface area contributed by atoms with Gasteiger partial charge < -0.3 is 0 Å². The molecule has 2 aromatic rings. The zero-order chi connectivity index (χ0) is 11.0. The molecule has 0 aliphatic heterocycles. The molecule has 0 heterocycles. The molecule has 1 heteroatoms. The van der Waals surface area contributed by atoms with Crippen LogP contribution in [0.4, 0.5) is 0 Å². The molecule has 0 bridgehead atoms. The van der Waals surface area contributed by atoms with Gasteiger partial charge in [0.15, 0.2) is 0 Å². The Morgan fingerprint density at radius 2 is 1.65 bits per heavy atom. The Morgan fingerprint density at radius 3 is 2.47 bits per heavy atom. The minimum absolute atomic E-state index is 0. The molecule has 1 aliphatic rings. The summed E-state index contributed by atoms with van der Waals surface area (Å²) in [5.41, 5.74) is 6.91. The maximum absolute atomic E-state index is 2.25. The number of allylic oxidation sites excluding steroid dienone is 1. The van der Waals surface area contributed by atoms with Gasteiger partial charge in [0.2, 0.25) is 0 Å². The van der Waals surface area contributed by atoms with Gasteiger partial charge >= 0.3 is 18.9 Å². The summed E-state index contributed by atoms with van der Waals surface area (Å²) in [5, 5.41) is 0. The fourth-order valence-corrected chi connectivity index (χ4v) is 2.40. The fraction of sp³-hybridized carbons (Fsp3) is 0.125. The average Bonchev–Trinajstić information content (AvgIpc) is 2.77. The van der Waals surface area contributed by atoms with Crippen LogP contribution < -0.4 is 0 Å². The molecule has 0 fully saturated rings. The number of hydrogen-bond donors (Lipinski definition) is 0. The normalized spacial score (nSPS) is 12.1. The summed E-state index contributed by atoms with van der Waals surface area (Å²) in [6.45, 7) is 2.17. The van der Waals surface area contributed by atoms with Gasteiger partial charge in [0.25, 0.3) is 0 Å². The Morgan fingerprint density at radius 1 is 0.882 bits per heavy atom. The Labute approximate surface area is 115 Å². The Kier molecular flexibility index (Phi) is 3.57. The molecule has 0 aromatic heterocycles. The summed E-state index contributed by atoms with van der Waals surface area (Å²) in [5.74, 6) is 0. The second kappa shape index (κ2) is 4.96. The first-order valence-electron chi connectivity index (χ1n) is 5.71. The standard InChI is InChI=1S/C16H14.Li.H/c1-12-6-2-3-9-14(12)16-11-5-8-13-7-4-10-15(13)16;;/h2-6,8-11H,7H2,1H3;;. The zero-order valence-electron chi connectivity index (χ0n) is 9.40. The fourth-order valence-electron chi connectivity index (χ4n) is 2.40. The molecule has 3 rings (SSSR count). The zero-order valence-corrected chi connectivity index (χ0v) is 9.40. The molecule has 0 atom stereocenters. The Balaban J connectivity index is 0.00000108. The van der Waals surface area contributed by atoms with Crippen LogP contribution in [-0.4, -0.2) is 18.9 Å². The molecule has 0 saturated carbocycles. The maximum atomic E-state index is 2.25. The predicted molar refractivity (Wildman–Crippen MR) is 76.5 cm³/mol. The van der Waals surface area contributed by atoms with Gasteiger partial charge in [-0.1, -0.05) is 54.6 Å². The first-order valence-corrected chi connectivity index (χ1v) is 5.71. The monoisotopic (exact) mass is 214 g/mol. The summed E-state index contributed by atoms with van der Waals surface area (Å²) in [6, 6.07) is 15.2. The van der Waals surface area contributed by atoms with Gasteiger partial charge in [-0.3, -0.25) is 0 Å². The Hall–Kier alpha value is -1.22. The molecule has 0 nitrogen and oxygen atoms in total. The molecule has 1 aliphatic carbocycles. The van der Waals surface area contributed by atoms with E-state index in [-0.39, 0.29) is 18.9 Å². The minimum atomic E-state index is 0. The third-order valence-corrected chi connectivity index (χ3v) is 3.25. The van der Waals surface area contributed by atoms with Crippen molar-refractivity contribution in [3.63, 3.8) is 0 Å². The molecule has 0 spiro atoms. The average molecular weight is 214 g/mol. The van der Waals surface area contributed by atoms with E-state index in [9.17, 15) is 0 Å². The van der Waals surface area contributed by atoms with Crippen molar-refractivity contribution < 1.29 is 0 Å². The van der Waals surface area contributed by atoms with E-state index in [1.807, 2.05) is 0 Å². The van der Waals surface area contributed by atoms with Crippen LogP contribution in [0, 0.1) is 6.92 Å². The summed E-state index contributed by atoms with van der Waals surface area (Å²) < 4.78 is 0. The summed E-state index contributed by atoms with van der Waals surface area (Å²) in [4.78, 5) is 0. The van der Waals surface area contributed by atoms with Gasteiger partial charge in [0.05, 0.1) is 0 Å². The van der Waals surface area contributed by atoms with Crippen LogP contribution in [0.25, 0.3) is 17.2 Å². The summed E-state index contributed by atoms with van der Waals surface area (Å²) in [7, 11) is 0. The number of rotatable bonds is 1. The third-order valence-electron chi connectivity index (χ3n) is 3.25. The third kappa shape index (κ3) is 2.11. The van der Waals surface area contributed by atoms with Crippen LogP contribution in [0.2, 0.25) is 0 Å². The number of benzene rings is 2. The van der Waals surface area contributed by atoms with Crippen LogP contribution in [0.5, 0.6) is 0 Å². The molecule has 0 unspecified atom stereocenters. The SMILES string of the molecule is Cc1ccccc1-c1cccc2c1C=CC2.[LiH]. The summed E-state index contributed by atoms with van der Waals surface area (Å²) in [6.07, 6.45) is 5.57. The van der Waals surface area contributed by atoms with E-state index in [0.717, 1.165) is 6.42 Å². The molecular weight excluding hydrogens is 199 g/mol. The van der Waals surface area contributed by atoms with Gasteiger partial charge in [0, 0.05) is 0 Å². The first kappa shape index (κ1) is 12.2. The molecule has 0 amide bonds. The van der Waals surface area contributed by atoms with Crippen molar-refractivity contribution in [2.45, 2.75) is 13.3 Å².